The van der Waals surface area contributed by atoms with Gasteiger partial charge in [-0.2, -0.15) is 0 Å². The van der Waals surface area contributed by atoms with Gasteiger partial charge in [0.15, 0.2) is 0 Å². The van der Waals surface area contributed by atoms with Crippen molar-refractivity contribution in [2.45, 2.75) is 31.3 Å². The Morgan fingerprint density at radius 3 is 2.00 bits per heavy atom. The molecule has 4 nitrogen and oxygen atoms in total. The van der Waals surface area contributed by atoms with Crippen molar-refractivity contribution in [3.05, 3.63) is 0 Å². The van der Waals surface area contributed by atoms with E-state index in [1.165, 1.54) is 0 Å². The van der Waals surface area contributed by atoms with Crippen LogP contribution in [0.3, 0.4) is 0 Å². The zero-order valence-corrected chi connectivity index (χ0v) is 5.70. The molecule has 2 unspecified atom stereocenters. The Hall–Kier alpha value is -0.160. The average molecular weight is 147 g/mol. The highest BCUT2D eigenvalue weighted by atomic mass is 16.7. The Morgan fingerprint density at radius 2 is 1.80 bits per heavy atom. The van der Waals surface area contributed by atoms with Gasteiger partial charge in [-0.25, -0.2) is 0 Å². The summed E-state index contributed by atoms with van der Waals surface area (Å²) in [5, 5.41) is 26.2. The van der Waals surface area contributed by atoms with Crippen LogP contribution in [-0.4, -0.2) is 27.3 Å². The van der Waals surface area contributed by atoms with Gasteiger partial charge in [0.25, 0.3) is 5.97 Å². The fourth-order valence-corrected chi connectivity index (χ4v) is 1.47. The van der Waals surface area contributed by atoms with Crippen LogP contribution in [0.4, 0.5) is 0 Å². The molecule has 1 saturated carbocycles. The van der Waals surface area contributed by atoms with Crippen molar-refractivity contribution in [2.24, 2.45) is 11.7 Å². The van der Waals surface area contributed by atoms with E-state index in [2.05, 4.69) is 0 Å². The molecule has 0 aromatic rings. The van der Waals surface area contributed by atoms with Crippen LogP contribution in [0, 0.1) is 5.92 Å². The highest BCUT2D eigenvalue weighted by molar-refractivity contribution is 4.83. The van der Waals surface area contributed by atoms with E-state index in [1.807, 2.05) is 0 Å². The molecule has 0 heterocycles. The Balaban J connectivity index is 2.55. The first-order valence-electron chi connectivity index (χ1n) is 3.44. The van der Waals surface area contributed by atoms with E-state index in [1.54, 1.807) is 0 Å². The molecular weight excluding hydrogens is 134 g/mol. The van der Waals surface area contributed by atoms with Crippen LogP contribution in [0.5, 0.6) is 0 Å². The van der Waals surface area contributed by atoms with Crippen molar-refractivity contribution in [1.29, 1.82) is 0 Å². The van der Waals surface area contributed by atoms with Gasteiger partial charge in [0.1, 0.15) is 0 Å². The summed E-state index contributed by atoms with van der Waals surface area (Å²) in [4.78, 5) is 0. The van der Waals surface area contributed by atoms with Gasteiger partial charge in [-0.3, -0.25) is 0 Å². The lowest BCUT2D eigenvalue weighted by atomic mass is 10.0. The van der Waals surface area contributed by atoms with Crippen LogP contribution in [-0.2, 0) is 0 Å². The maximum Gasteiger partial charge on any atom is 0.279 e. The predicted octanol–water partition coefficient (Wildman–Crippen LogP) is -1.26. The first-order chi connectivity index (χ1) is 4.52. The van der Waals surface area contributed by atoms with E-state index < -0.39 is 11.9 Å². The number of hydrogen-bond donors (Lipinski definition) is 4. The van der Waals surface area contributed by atoms with Gasteiger partial charge in [0.05, 0.1) is 5.92 Å². The second-order valence-corrected chi connectivity index (χ2v) is 2.89. The van der Waals surface area contributed by atoms with E-state index in [0.717, 1.165) is 12.8 Å². The van der Waals surface area contributed by atoms with E-state index in [4.69, 9.17) is 21.1 Å². The molecule has 60 valence electrons. The number of rotatable bonds is 1. The smallest absolute Gasteiger partial charge is 0.279 e. The quantitative estimate of drug-likeness (QED) is 0.349. The van der Waals surface area contributed by atoms with Crippen molar-refractivity contribution < 1.29 is 15.3 Å². The van der Waals surface area contributed by atoms with Crippen molar-refractivity contribution in [3.63, 3.8) is 0 Å². The van der Waals surface area contributed by atoms with Crippen LogP contribution in [0.1, 0.15) is 19.3 Å². The highest BCUT2D eigenvalue weighted by Crippen LogP contribution is 2.30. The molecule has 0 bridgehead atoms. The minimum Gasteiger partial charge on any atom is -0.343 e. The molecule has 1 fully saturated rings. The first kappa shape index (κ1) is 7.94. The molecule has 0 amide bonds. The molecule has 0 aromatic heterocycles. The highest BCUT2D eigenvalue weighted by Gasteiger charge is 2.39. The maximum atomic E-state index is 8.72. The Labute approximate surface area is 59.3 Å². The summed E-state index contributed by atoms with van der Waals surface area (Å²) in [6, 6.07) is -0.278. The van der Waals surface area contributed by atoms with Crippen molar-refractivity contribution in [3.8, 4) is 0 Å². The van der Waals surface area contributed by atoms with Crippen LogP contribution >= 0.6 is 0 Å². The molecule has 5 N–H and O–H groups in total. The molecular formula is C6H13NO3. The molecule has 1 rings (SSSR count). The van der Waals surface area contributed by atoms with Gasteiger partial charge in [0.2, 0.25) is 0 Å². The van der Waals surface area contributed by atoms with Gasteiger partial charge < -0.3 is 21.1 Å². The summed E-state index contributed by atoms with van der Waals surface area (Å²) < 4.78 is 0. The topological polar surface area (TPSA) is 86.7 Å². The monoisotopic (exact) mass is 147 g/mol. The lowest BCUT2D eigenvalue weighted by Crippen LogP contribution is -2.44. The molecule has 0 aliphatic heterocycles. The molecule has 1 aliphatic carbocycles. The van der Waals surface area contributed by atoms with Crippen molar-refractivity contribution in [2.75, 3.05) is 0 Å². The van der Waals surface area contributed by atoms with Gasteiger partial charge in [-0.15, -0.1) is 0 Å². The minimum atomic E-state index is -2.57. The minimum absolute atomic E-state index is 0.278. The van der Waals surface area contributed by atoms with Crippen molar-refractivity contribution >= 4 is 0 Å². The second-order valence-electron chi connectivity index (χ2n) is 2.89. The Kier molecular flexibility index (Phi) is 1.96. The Bertz CT molecular complexity index is 121. The predicted molar refractivity (Wildman–Crippen MR) is 34.7 cm³/mol. The van der Waals surface area contributed by atoms with Crippen LogP contribution in [0.2, 0.25) is 0 Å². The third-order valence-electron chi connectivity index (χ3n) is 2.07. The van der Waals surface area contributed by atoms with Gasteiger partial charge >= 0.3 is 0 Å². The molecule has 1 aliphatic rings. The summed E-state index contributed by atoms with van der Waals surface area (Å²) in [6.45, 7) is 0. The maximum absolute atomic E-state index is 8.72. The van der Waals surface area contributed by atoms with Gasteiger partial charge in [-0.1, -0.05) is 6.42 Å². The van der Waals surface area contributed by atoms with E-state index in [-0.39, 0.29) is 6.04 Å². The number of aliphatic hydroxyl groups is 3. The summed E-state index contributed by atoms with van der Waals surface area (Å²) in [5.74, 6) is -3.15. The van der Waals surface area contributed by atoms with Crippen molar-refractivity contribution in [1.82, 2.24) is 0 Å². The zero-order valence-electron chi connectivity index (χ0n) is 5.70. The fourth-order valence-electron chi connectivity index (χ4n) is 1.47. The number of hydrogen-bond acceptors (Lipinski definition) is 4. The first-order valence-corrected chi connectivity index (χ1v) is 3.44. The largest absolute Gasteiger partial charge is 0.343 e. The summed E-state index contributed by atoms with van der Waals surface area (Å²) in [6.07, 6.45) is 2.20. The second kappa shape index (κ2) is 2.47. The lowest BCUT2D eigenvalue weighted by molar-refractivity contribution is -0.342. The molecule has 0 spiro atoms. The van der Waals surface area contributed by atoms with Crippen LogP contribution < -0.4 is 5.73 Å². The van der Waals surface area contributed by atoms with Crippen LogP contribution in [0.15, 0.2) is 0 Å². The SMILES string of the molecule is NC1CCCC1C(O)(O)O. The normalized spacial score (nSPS) is 34.8. The molecule has 10 heavy (non-hydrogen) atoms. The van der Waals surface area contributed by atoms with Gasteiger partial charge in [0, 0.05) is 6.04 Å². The molecule has 0 radical (unpaired) electrons. The molecule has 4 heteroatoms. The average Bonchev–Trinajstić information content (AvgIpc) is 2.11. The molecule has 0 aromatic carbocycles. The third-order valence-corrected chi connectivity index (χ3v) is 2.07. The van der Waals surface area contributed by atoms with E-state index in [9.17, 15) is 0 Å². The lowest BCUT2D eigenvalue weighted by Gasteiger charge is -2.24. The summed E-state index contributed by atoms with van der Waals surface area (Å²) >= 11 is 0. The van der Waals surface area contributed by atoms with Crippen LogP contribution in [0.25, 0.3) is 0 Å². The third kappa shape index (κ3) is 1.46. The van der Waals surface area contributed by atoms with E-state index >= 15 is 0 Å². The standard InChI is InChI=1S/C6H13NO3/c7-5-3-1-2-4(5)6(8,9)10/h4-5,8-10H,1-3,7H2. The number of nitrogens with two attached hydrogens (primary N) is 1. The van der Waals surface area contributed by atoms with Gasteiger partial charge in [-0.05, 0) is 12.8 Å². The molecule has 0 saturated heterocycles. The zero-order chi connectivity index (χ0) is 7.78. The van der Waals surface area contributed by atoms with E-state index in [0.29, 0.717) is 6.42 Å². The summed E-state index contributed by atoms with van der Waals surface area (Å²) in [5.41, 5.74) is 5.49. The molecule has 2 atom stereocenters. The summed E-state index contributed by atoms with van der Waals surface area (Å²) in [7, 11) is 0. The Morgan fingerprint density at radius 1 is 1.20 bits per heavy atom. The fraction of sp³-hybridized carbons (Fsp3) is 1.00.